The fourth-order valence-electron chi connectivity index (χ4n) is 6.60. The molecular weight excluding hydrogens is 532 g/mol. The van der Waals surface area contributed by atoms with Gasteiger partial charge in [-0.15, -0.1) is 0 Å². The van der Waals surface area contributed by atoms with Gasteiger partial charge >= 0.3 is 0 Å². The number of hydrogen-bond acceptors (Lipinski definition) is 2. The van der Waals surface area contributed by atoms with Crippen molar-refractivity contribution in [2.45, 2.75) is 41.5 Å². The fraction of sp³-hybridized carbons (Fsp3) is 0.143. The van der Waals surface area contributed by atoms with Gasteiger partial charge in [0.15, 0.2) is 0 Å². The van der Waals surface area contributed by atoms with Gasteiger partial charge in [0, 0.05) is 22.5 Å². The lowest BCUT2D eigenvalue weighted by Crippen LogP contribution is -2.01. The van der Waals surface area contributed by atoms with Crippen molar-refractivity contribution >= 4 is 21.8 Å². The molecule has 2 heteroatoms. The molecule has 0 N–H and O–H groups in total. The first kappa shape index (κ1) is 27.7. The second-order valence-electron chi connectivity index (χ2n) is 12.1. The van der Waals surface area contributed by atoms with E-state index < -0.39 is 0 Å². The maximum absolute atomic E-state index is 5.32. The molecule has 0 aliphatic heterocycles. The molecule has 0 radical (unpaired) electrons. The van der Waals surface area contributed by atoms with Crippen molar-refractivity contribution in [2.24, 2.45) is 0 Å². The summed E-state index contributed by atoms with van der Waals surface area (Å²) in [6.07, 6.45) is 1.99. The fourth-order valence-corrected chi connectivity index (χ4v) is 6.60. The zero-order valence-corrected chi connectivity index (χ0v) is 26.3. The standard InChI is InChI=1S/C42H36N2/c1-25-24-43-41-38(26(25)2)27(3)28(4)39-29(5)30(6)40(44-42(39)41)35-21-19-33(20-22-35)32-15-17-34(18-16-32)37-14-10-13-36(23-37)31-11-8-7-9-12-31/h7-24H,1-6H3. The third-order valence-corrected chi connectivity index (χ3v) is 9.56. The lowest BCUT2D eigenvalue weighted by Gasteiger charge is -2.19. The Hall–Kier alpha value is -5.08. The average molecular weight is 569 g/mol. The number of fused-ring (bicyclic) bond motifs is 3. The molecule has 214 valence electrons. The molecule has 7 rings (SSSR count). The lowest BCUT2D eigenvalue weighted by molar-refractivity contribution is 1.23. The second-order valence-corrected chi connectivity index (χ2v) is 12.1. The molecule has 0 unspecified atom stereocenters. The van der Waals surface area contributed by atoms with E-state index in [1.54, 1.807) is 0 Å². The Morgan fingerprint density at radius 1 is 0.386 bits per heavy atom. The average Bonchev–Trinajstić information content (AvgIpc) is 3.07. The number of hydrogen-bond donors (Lipinski definition) is 0. The second kappa shape index (κ2) is 10.9. The van der Waals surface area contributed by atoms with Crippen molar-refractivity contribution in [1.29, 1.82) is 0 Å². The van der Waals surface area contributed by atoms with Crippen molar-refractivity contribution in [1.82, 2.24) is 9.97 Å². The van der Waals surface area contributed by atoms with Gasteiger partial charge in [0.1, 0.15) is 0 Å². The Balaban J connectivity index is 1.24. The van der Waals surface area contributed by atoms with E-state index in [0.29, 0.717) is 0 Å². The number of aryl methyl sites for hydroxylation is 5. The molecule has 0 fully saturated rings. The number of rotatable bonds is 4. The molecule has 2 nitrogen and oxygen atoms in total. The first-order chi connectivity index (χ1) is 21.3. The molecule has 5 aromatic carbocycles. The highest BCUT2D eigenvalue weighted by Crippen LogP contribution is 2.38. The van der Waals surface area contributed by atoms with Crippen LogP contribution in [0.4, 0.5) is 0 Å². The highest BCUT2D eigenvalue weighted by Gasteiger charge is 2.19. The zero-order chi connectivity index (χ0) is 30.5. The summed E-state index contributed by atoms with van der Waals surface area (Å²) < 4.78 is 0. The van der Waals surface area contributed by atoms with E-state index in [4.69, 9.17) is 9.97 Å². The van der Waals surface area contributed by atoms with Gasteiger partial charge in [-0.2, -0.15) is 0 Å². The van der Waals surface area contributed by atoms with Crippen molar-refractivity contribution in [3.8, 4) is 44.6 Å². The minimum absolute atomic E-state index is 1.00. The van der Waals surface area contributed by atoms with E-state index >= 15 is 0 Å². The van der Waals surface area contributed by atoms with E-state index in [1.165, 1.54) is 77.5 Å². The Labute approximate surface area is 260 Å². The quantitative estimate of drug-likeness (QED) is 0.197. The summed E-state index contributed by atoms with van der Waals surface area (Å²) in [6.45, 7) is 13.2. The molecule has 0 spiro atoms. The minimum atomic E-state index is 1.00. The Bertz CT molecular complexity index is 2190. The van der Waals surface area contributed by atoms with Gasteiger partial charge in [-0.05, 0) is 114 Å². The highest BCUT2D eigenvalue weighted by atomic mass is 14.8. The maximum atomic E-state index is 5.32. The van der Waals surface area contributed by atoms with Gasteiger partial charge in [-0.3, -0.25) is 4.98 Å². The first-order valence-corrected chi connectivity index (χ1v) is 15.3. The van der Waals surface area contributed by atoms with Gasteiger partial charge in [-0.1, -0.05) is 97.1 Å². The van der Waals surface area contributed by atoms with Crippen molar-refractivity contribution in [3.63, 3.8) is 0 Å². The monoisotopic (exact) mass is 568 g/mol. The van der Waals surface area contributed by atoms with E-state index in [0.717, 1.165) is 22.3 Å². The van der Waals surface area contributed by atoms with Crippen LogP contribution in [0.2, 0.25) is 0 Å². The summed E-state index contributed by atoms with van der Waals surface area (Å²) in [5.74, 6) is 0. The van der Waals surface area contributed by atoms with Gasteiger partial charge in [0.25, 0.3) is 0 Å². The molecule has 0 aliphatic rings. The SMILES string of the molecule is Cc1cnc2c(c1C)c(C)c(C)c1c(C)c(C)c(-c3ccc(-c4ccc(-c5cccc(-c6ccccc6)c5)cc4)cc3)nc12. The lowest BCUT2D eigenvalue weighted by atomic mass is 9.90. The van der Waals surface area contributed by atoms with Crippen molar-refractivity contribution in [3.05, 3.63) is 143 Å². The predicted molar refractivity (Wildman–Crippen MR) is 187 cm³/mol. The number of pyridine rings is 2. The minimum Gasteiger partial charge on any atom is -0.254 e. The summed E-state index contributed by atoms with van der Waals surface area (Å²) in [6, 6.07) is 37.0. The molecule has 2 aromatic heterocycles. The van der Waals surface area contributed by atoms with Crippen LogP contribution in [0.1, 0.15) is 33.4 Å². The van der Waals surface area contributed by atoms with Crippen LogP contribution in [-0.4, -0.2) is 9.97 Å². The van der Waals surface area contributed by atoms with Crippen LogP contribution in [0, 0.1) is 41.5 Å². The van der Waals surface area contributed by atoms with E-state index in [2.05, 4.69) is 145 Å². The van der Waals surface area contributed by atoms with Gasteiger partial charge < -0.3 is 0 Å². The van der Waals surface area contributed by atoms with E-state index in [9.17, 15) is 0 Å². The molecule has 0 amide bonds. The van der Waals surface area contributed by atoms with Crippen LogP contribution in [0.3, 0.4) is 0 Å². The smallest absolute Gasteiger partial charge is 0.0977 e. The molecule has 0 aliphatic carbocycles. The number of benzene rings is 5. The zero-order valence-electron chi connectivity index (χ0n) is 26.3. The molecule has 0 bridgehead atoms. The predicted octanol–water partition coefficient (Wildman–Crippen LogP) is 11.3. The normalized spacial score (nSPS) is 11.4. The van der Waals surface area contributed by atoms with Crippen LogP contribution in [0.25, 0.3) is 66.4 Å². The third kappa shape index (κ3) is 4.59. The molecule has 0 saturated heterocycles. The third-order valence-electron chi connectivity index (χ3n) is 9.56. The molecule has 44 heavy (non-hydrogen) atoms. The van der Waals surface area contributed by atoms with Crippen LogP contribution >= 0.6 is 0 Å². The molecule has 0 atom stereocenters. The number of aromatic nitrogens is 2. The van der Waals surface area contributed by atoms with Crippen LogP contribution in [0.5, 0.6) is 0 Å². The van der Waals surface area contributed by atoms with E-state index in [-0.39, 0.29) is 0 Å². The highest BCUT2D eigenvalue weighted by molar-refractivity contribution is 6.09. The Morgan fingerprint density at radius 3 is 1.43 bits per heavy atom. The molecular formula is C42H36N2. The largest absolute Gasteiger partial charge is 0.254 e. The summed E-state index contributed by atoms with van der Waals surface area (Å²) in [5.41, 5.74) is 19.1. The first-order valence-electron chi connectivity index (χ1n) is 15.3. The summed E-state index contributed by atoms with van der Waals surface area (Å²) >= 11 is 0. The van der Waals surface area contributed by atoms with E-state index in [1.807, 2.05) is 6.20 Å². The summed E-state index contributed by atoms with van der Waals surface area (Å²) in [7, 11) is 0. The van der Waals surface area contributed by atoms with Crippen LogP contribution < -0.4 is 0 Å². The summed E-state index contributed by atoms with van der Waals surface area (Å²) in [5, 5.41) is 2.47. The number of nitrogens with zero attached hydrogens (tertiary/aromatic N) is 2. The van der Waals surface area contributed by atoms with Crippen molar-refractivity contribution < 1.29 is 0 Å². The Kier molecular flexibility index (Phi) is 6.86. The molecule has 2 heterocycles. The Morgan fingerprint density at radius 2 is 0.841 bits per heavy atom. The topological polar surface area (TPSA) is 25.8 Å². The van der Waals surface area contributed by atoms with Crippen LogP contribution in [0.15, 0.2) is 109 Å². The van der Waals surface area contributed by atoms with Gasteiger partial charge in [-0.25, -0.2) is 4.98 Å². The summed E-state index contributed by atoms with van der Waals surface area (Å²) in [4.78, 5) is 10.2. The van der Waals surface area contributed by atoms with Crippen LogP contribution in [-0.2, 0) is 0 Å². The van der Waals surface area contributed by atoms with Gasteiger partial charge in [0.05, 0.1) is 16.7 Å². The molecule has 0 saturated carbocycles. The van der Waals surface area contributed by atoms with Crippen molar-refractivity contribution in [2.75, 3.05) is 0 Å². The maximum Gasteiger partial charge on any atom is 0.0977 e. The van der Waals surface area contributed by atoms with Gasteiger partial charge in [0.2, 0.25) is 0 Å². The molecule has 7 aromatic rings.